The van der Waals surface area contributed by atoms with E-state index in [9.17, 15) is 27.6 Å². The molecule has 4 atom stereocenters. The van der Waals surface area contributed by atoms with Gasteiger partial charge in [0.25, 0.3) is 5.91 Å². The van der Waals surface area contributed by atoms with Gasteiger partial charge in [-0.25, -0.2) is 18.2 Å². The normalized spacial score (nSPS) is 25.6. The van der Waals surface area contributed by atoms with Gasteiger partial charge in [0.1, 0.15) is 23.4 Å². The number of rotatable bonds is 12. The highest BCUT2D eigenvalue weighted by atomic mass is 32.2. The summed E-state index contributed by atoms with van der Waals surface area (Å²) in [5.74, 6) is -1.50. The smallest absolute Gasteiger partial charge is 0.315 e. The lowest BCUT2D eigenvalue weighted by Crippen LogP contribution is -2.57. The number of urea groups is 1. The van der Waals surface area contributed by atoms with Crippen molar-refractivity contribution in [2.45, 2.75) is 80.3 Å². The van der Waals surface area contributed by atoms with Crippen molar-refractivity contribution in [3.63, 3.8) is 0 Å². The number of hydrogen-bond donors (Lipinski definition) is 4. The largest absolute Gasteiger partial charge is 0.497 e. The van der Waals surface area contributed by atoms with Gasteiger partial charge in [-0.3, -0.25) is 19.1 Å². The Kier molecular flexibility index (Phi) is 9.01. The van der Waals surface area contributed by atoms with Crippen LogP contribution >= 0.6 is 0 Å². The van der Waals surface area contributed by atoms with Gasteiger partial charge in [-0.1, -0.05) is 18.9 Å². The molecule has 14 nitrogen and oxygen atoms in total. The minimum atomic E-state index is -3.86. The lowest BCUT2D eigenvalue weighted by Gasteiger charge is -2.26. The van der Waals surface area contributed by atoms with Crippen molar-refractivity contribution in [3.05, 3.63) is 43.1 Å². The van der Waals surface area contributed by atoms with E-state index >= 15 is 0 Å². The number of fused-ring (bicyclic) bond motifs is 1. The van der Waals surface area contributed by atoms with Crippen LogP contribution in [0.3, 0.4) is 0 Å². The Morgan fingerprint density at radius 1 is 1.13 bits per heavy atom. The number of carbonyl (C=O) groups is 4. The molecule has 0 unspecified atom stereocenters. The lowest BCUT2D eigenvalue weighted by molar-refractivity contribution is -0.139. The second-order valence-electron chi connectivity index (χ2n) is 12.7. The van der Waals surface area contributed by atoms with Gasteiger partial charge in [-0.15, -0.1) is 6.58 Å². The van der Waals surface area contributed by atoms with Crippen LogP contribution in [0, 0.1) is 5.92 Å². The van der Waals surface area contributed by atoms with Gasteiger partial charge in [0.05, 0.1) is 25.4 Å². The van der Waals surface area contributed by atoms with E-state index in [-0.39, 0.29) is 32.0 Å². The third-order valence-electron chi connectivity index (χ3n) is 9.44. The molecule has 47 heavy (non-hydrogen) atoms. The fourth-order valence-electron chi connectivity index (χ4n) is 6.50. The number of nitrogens with zero attached hydrogens (tertiary/aromatic N) is 2. The summed E-state index contributed by atoms with van der Waals surface area (Å²) in [5.41, 5.74) is -1.51. The Morgan fingerprint density at radius 2 is 1.89 bits per heavy atom. The van der Waals surface area contributed by atoms with Crippen LogP contribution in [0.15, 0.2) is 43.1 Å². The van der Waals surface area contributed by atoms with E-state index in [4.69, 9.17) is 9.47 Å². The number of aromatic nitrogens is 1. The first-order valence-corrected chi connectivity index (χ1v) is 17.5. The van der Waals surface area contributed by atoms with Gasteiger partial charge < -0.3 is 30.3 Å². The maximum Gasteiger partial charge on any atom is 0.315 e. The van der Waals surface area contributed by atoms with Crippen LogP contribution in [-0.4, -0.2) is 91.2 Å². The van der Waals surface area contributed by atoms with Crippen LogP contribution in [0.25, 0.3) is 10.8 Å². The number of nitrogens with one attached hydrogen (secondary N) is 4. The molecule has 1 aromatic carbocycles. The Bertz CT molecular complexity index is 1690. The van der Waals surface area contributed by atoms with Crippen LogP contribution < -0.4 is 30.1 Å². The van der Waals surface area contributed by atoms with Gasteiger partial charge in [-0.2, -0.15) is 0 Å². The monoisotopic (exact) mass is 668 g/mol. The second-order valence-corrected chi connectivity index (χ2v) is 14.7. The Hall–Kier alpha value is -4.40. The highest BCUT2D eigenvalue weighted by Gasteiger charge is 2.62. The van der Waals surface area contributed by atoms with E-state index in [2.05, 4.69) is 32.2 Å². The molecule has 1 saturated heterocycles. The number of ether oxygens (including phenoxy) is 2. The summed E-state index contributed by atoms with van der Waals surface area (Å²) in [6, 6.07) is 5.76. The summed E-state index contributed by atoms with van der Waals surface area (Å²) >= 11 is 0. The average Bonchev–Trinajstić information content (AvgIpc) is 3.94. The molecule has 2 aromatic rings. The third-order valence-corrected chi connectivity index (χ3v) is 11.3. The van der Waals surface area contributed by atoms with Crippen molar-refractivity contribution >= 4 is 44.5 Å². The standard InChI is InChI=1S/C32H40N6O8S/c1-3-20-16-32(20,30(41)37-47(43,44)24-9-10-24)36-28(40)26-15-23(46-29-25-11-8-22(45-2)14-19(25)12-13-33-29)18-38(26)27(39)17-34-31(42)35-21-6-4-5-7-21/h3,8,11-14,20-21,23-24,26H,1,4-7,9-10,15-18H2,2H3,(H,36,40)(H,37,41)(H2,34,35,42)/t20-,23-,26+,32-/m1/s1. The minimum absolute atomic E-state index is 0.0111. The lowest BCUT2D eigenvalue weighted by atomic mass is 10.1. The predicted octanol–water partition coefficient (Wildman–Crippen LogP) is 1.50. The predicted molar refractivity (Wildman–Crippen MR) is 171 cm³/mol. The van der Waals surface area contributed by atoms with E-state index in [1.54, 1.807) is 19.4 Å². The molecule has 0 bridgehead atoms. The zero-order valence-corrected chi connectivity index (χ0v) is 27.0. The van der Waals surface area contributed by atoms with Crippen molar-refractivity contribution in [3.8, 4) is 11.6 Å². The van der Waals surface area contributed by atoms with E-state index < -0.39 is 62.6 Å². The van der Waals surface area contributed by atoms with Crippen LogP contribution in [0.4, 0.5) is 4.79 Å². The van der Waals surface area contributed by atoms with Crippen molar-refractivity contribution in [1.29, 1.82) is 0 Å². The molecule has 6 rings (SSSR count). The molecule has 1 aromatic heterocycles. The summed E-state index contributed by atoms with van der Waals surface area (Å²) in [6.07, 6.45) is 7.45. The molecular formula is C32H40N6O8S. The number of amides is 5. The number of pyridine rings is 1. The highest BCUT2D eigenvalue weighted by molar-refractivity contribution is 7.91. The molecule has 4 fully saturated rings. The van der Waals surface area contributed by atoms with E-state index in [1.807, 2.05) is 18.2 Å². The Morgan fingerprint density at radius 3 is 2.57 bits per heavy atom. The van der Waals surface area contributed by atoms with Crippen LogP contribution in [0.1, 0.15) is 51.4 Å². The summed E-state index contributed by atoms with van der Waals surface area (Å²) < 4.78 is 38.8. The number of methoxy groups -OCH3 is 1. The fraction of sp³-hybridized carbons (Fsp3) is 0.531. The van der Waals surface area contributed by atoms with Gasteiger partial charge in [0, 0.05) is 30.0 Å². The summed E-state index contributed by atoms with van der Waals surface area (Å²) in [6.45, 7) is 3.39. The molecule has 3 saturated carbocycles. The van der Waals surface area contributed by atoms with Gasteiger partial charge in [0.2, 0.25) is 27.7 Å². The van der Waals surface area contributed by atoms with Crippen LogP contribution in [-0.2, 0) is 24.4 Å². The number of likely N-dealkylation sites (tertiary alicyclic amines) is 1. The molecule has 0 radical (unpaired) electrons. The van der Waals surface area contributed by atoms with E-state index in [0.29, 0.717) is 29.9 Å². The van der Waals surface area contributed by atoms with Gasteiger partial charge in [-0.05, 0) is 61.8 Å². The SMILES string of the molecule is C=C[C@@H]1C[C@]1(NC(=O)[C@@H]1C[C@@H](Oc2nccc3cc(OC)ccc23)CN1C(=O)CNC(=O)NC1CCCC1)C(=O)NS(=O)(=O)C1CC1. The molecule has 4 N–H and O–H groups in total. The number of hydrogen-bond acceptors (Lipinski definition) is 9. The third kappa shape index (κ3) is 6.99. The molecule has 1 aliphatic heterocycles. The molecule has 4 aliphatic rings. The topological polar surface area (TPSA) is 185 Å². The molecule has 5 amide bonds. The first-order chi connectivity index (χ1) is 22.5. The first kappa shape index (κ1) is 32.5. The molecule has 2 heterocycles. The number of benzene rings is 1. The van der Waals surface area contributed by atoms with Crippen molar-refractivity contribution in [2.75, 3.05) is 20.2 Å². The molecule has 252 valence electrons. The molecule has 0 spiro atoms. The molecule has 15 heteroatoms. The van der Waals surface area contributed by atoms with Gasteiger partial charge >= 0.3 is 6.03 Å². The Balaban J connectivity index is 1.19. The summed E-state index contributed by atoms with van der Waals surface area (Å²) in [4.78, 5) is 58.9. The first-order valence-electron chi connectivity index (χ1n) is 16.0. The maximum atomic E-state index is 13.9. The maximum absolute atomic E-state index is 13.9. The Labute approximate surface area is 273 Å². The fourth-order valence-corrected chi connectivity index (χ4v) is 7.86. The van der Waals surface area contributed by atoms with Crippen molar-refractivity contribution < 1.29 is 37.1 Å². The molecular weight excluding hydrogens is 628 g/mol. The number of sulfonamides is 1. The van der Waals surface area contributed by atoms with Gasteiger partial charge in [0.15, 0.2) is 0 Å². The minimum Gasteiger partial charge on any atom is -0.497 e. The average molecular weight is 669 g/mol. The zero-order chi connectivity index (χ0) is 33.3. The van der Waals surface area contributed by atoms with Crippen LogP contribution in [0.2, 0.25) is 0 Å². The molecule has 3 aliphatic carbocycles. The van der Waals surface area contributed by atoms with Crippen LogP contribution in [0.5, 0.6) is 11.6 Å². The van der Waals surface area contributed by atoms with E-state index in [1.165, 1.54) is 11.0 Å². The van der Waals surface area contributed by atoms with Crippen molar-refractivity contribution in [1.82, 2.24) is 30.6 Å². The second kappa shape index (κ2) is 13.0. The number of carbonyl (C=O) groups excluding carboxylic acids is 4. The summed E-state index contributed by atoms with van der Waals surface area (Å²) in [5, 5.41) is 9.14. The highest BCUT2D eigenvalue weighted by Crippen LogP contribution is 2.45. The van der Waals surface area contributed by atoms with Crippen molar-refractivity contribution in [2.24, 2.45) is 5.92 Å². The quantitative estimate of drug-likeness (QED) is 0.243. The summed E-state index contributed by atoms with van der Waals surface area (Å²) in [7, 11) is -2.29. The zero-order valence-electron chi connectivity index (χ0n) is 26.2. The van der Waals surface area contributed by atoms with E-state index in [0.717, 1.165) is 31.1 Å².